The summed E-state index contributed by atoms with van der Waals surface area (Å²) in [7, 11) is 0. The van der Waals surface area contributed by atoms with Crippen LogP contribution in [-0.4, -0.2) is 15.0 Å². The van der Waals surface area contributed by atoms with Crippen LogP contribution in [0.2, 0.25) is 0 Å². The molecule has 0 radical (unpaired) electrons. The van der Waals surface area contributed by atoms with Crippen molar-refractivity contribution in [3.05, 3.63) is 16.8 Å². The lowest BCUT2D eigenvalue weighted by molar-refractivity contribution is 0.678. The van der Waals surface area contributed by atoms with E-state index in [4.69, 9.17) is 5.73 Å². The van der Waals surface area contributed by atoms with Crippen LogP contribution < -0.4 is 5.73 Å². The predicted octanol–water partition coefficient (Wildman–Crippen LogP) is 1.98. The molecule has 0 bridgehead atoms. The average Bonchev–Trinajstić information content (AvgIpc) is 2.68. The van der Waals surface area contributed by atoms with Gasteiger partial charge in [0.15, 0.2) is 11.6 Å². The molecule has 0 spiro atoms. The molecule has 2 aromatic rings. The lowest BCUT2D eigenvalue weighted by Crippen LogP contribution is -2.09. The first kappa shape index (κ1) is 9.63. The third-order valence-electron chi connectivity index (χ3n) is 3.40. The molecule has 0 saturated carbocycles. The summed E-state index contributed by atoms with van der Waals surface area (Å²) >= 11 is 0. The predicted molar refractivity (Wildman–Crippen MR) is 64.3 cm³/mol. The fourth-order valence-corrected chi connectivity index (χ4v) is 2.66. The number of nitrogen functional groups attached to an aromatic ring is 1. The smallest absolute Gasteiger partial charge is 0.200 e. The third kappa shape index (κ3) is 1.29. The highest BCUT2D eigenvalue weighted by atomic mass is 15.1. The van der Waals surface area contributed by atoms with E-state index in [1.54, 1.807) is 0 Å². The largest absolute Gasteiger partial charge is 0.369 e. The number of imidazole rings is 1. The summed E-state index contributed by atoms with van der Waals surface area (Å²) in [6, 6.07) is 0. The number of hydrogen-bond donors (Lipinski definition) is 2. The molecule has 0 atom stereocenters. The van der Waals surface area contributed by atoms with Gasteiger partial charge >= 0.3 is 0 Å². The first-order chi connectivity index (χ1) is 7.79. The fraction of sp³-hybridized carbons (Fsp3) is 0.500. The molecule has 4 heteroatoms. The molecule has 2 heterocycles. The van der Waals surface area contributed by atoms with Crippen molar-refractivity contribution in [1.29, 1.82) is 0 Å². The van der Waals surface area contributed by atoms with Crippen molar-refractivity contribution >= 4 is 17.1 Å². The van der Waals surface area contributed by atoms with Gasteiger partial charge in [-0.15, -0.1) is 0 Å². The van der Waals surface area contributed by atoms with Crippen molar-refractivity contribution in [2.24, 2.45) is 0 Å². The number of nitrogens with two attached hydrogens (primary N) is 1. The Labute approximate surface area is 94.3 Å². The fourth-order valence-electron chi connectivity index (χ4n) is 2.66. The molecule has 0 aromatic carbocycles. The van der Waals surface area contributed by atoms with Gasteiger partial charge in [-0.25, -0.2) is 4.98 Å². The van der Waals surface area contributed by atoms with Crippen LogP contribution in [0.3, 0.4) is 0 Å². The summed E-state index contributed by atoms with van der Waals surface area (Å²) in [5.41, 5.74) is 11.6. The summed E-state index contributed by atoms with van der Waals surface area (Å²) in [6.07, 6.45) is 5.79. The van der Waals surface area contributed by atoms with Crippen LogP contribution in [0.25, 0.3) is 11.2 Å². The van der Waals surface area contributed by atoms with E-state index in [1.165, 1.54) is 29.7 Å². The van der Waals surface area contributed by atoms with Crippen LogP contribution >= 0.6 is 0 Å². The lowest BCUT2D eigenvalue weighted by atomic mass is 9.89. The summed E-state index contributed by atoms with van der Waals surface area (Å²) in [4.78, 5) is 12.0. The van der Waals surface area contributed by atoms with Crippen molar-refractivity contribution in [1.82, 2.24) is 15.0 Å². The molecule has 1 aliphatic rings. The van der Waals surface area contributed by atoms with Gasteiger partial charge in [0.25, 0.3) is 0 Å². The number of pyridine rings is 1. The van der Waals surface area contributed by atoms with Gasteiger partial charge in [-0.05, 0) is 43.2 Å². The highest BCUT2D eigenvalue weighted by Gasteiger charge is 2.19. The van der Waals surface area contributed by atoms with Gasteiger partial charge in [0.1, 0.15) is 0 Å². The molecule has 0 unspecified atom stereocenters. The van der Waals surface area contributed by atoms with E-state index in [0.717, 1.165) is 30.4 Å². The van der Waals surface area contributed by atoms with Crippen LogP contribution in [0.15, 0.2) is 0 Å². The molecule has 3 N–H and O–H groups in total. The Morgan fingerprint density at radius 2 is 1.94 bits per heavy atom. The number of rotatable bonds is 1. The minimum Gasteiger partial charge on any atom is -0.369 e. The number of aryl methyl sites for hydroxylation is 2. The second kappa shape index (κ2) is 3.47. The number of nitrogens with zero attached hydrogens (tertiary/aromatic N) is 2. The number of fused-ring (bicyclic) bond motifs is 3. The second-order valence-corrected chi connectivity index (χ2v) is 4.40. The minimum absolute atomic E-state index is 0.475. The maximum Gasteiger partial charge on any atom is 0.200 e. The Balaban J connectivity index is 2.34. The van der Waals surface area contributed by atoms with Gasteiger partial charge in [0.05, 0.1) is 5.52 Å². The van der Waals surface area contributed by atoms with Gasteiger partial charge in [-0.2, -0.15) is 4.98 Å². The Bertz CT molecular complexity index is 541. The van der Waals surface area contributed by atoms with Crippen LogP contribution in [0.5, 0.6) is 0 Å². The molecule has 0 amide bonds. The molecular formula is C12H16N4. The summed E-state index contributed by atoms with van der Waals surface area (Å²) < 4.78 is 0. The van der Waals surface area contributed by atoms with E-state index in [-0.39, 0.29) is 0 Å². The van der Waals surface area contributed by atoms with E-state index in [9.17, 15) is 0 Å². The topological polar surface area (TPSA) is 67.6 Å². The SMILES string of the molecule is CCc1nc2nc(N)[nH]c2c2c1CCCC2. The number of H-pyrrole nitrogens is 1. The number of nitrogens with one attached hydrogen (secondary N) is 1. The zero-order chi connectivity index (χ0) is 11.1. The zero-order valence-corrected chi connectivity index (χ0v) is 9.51. The van der Waals surface area contributed by atoms with E-state index in [0.29, 0.717) is 5.95 Å². The second-order valence-electron chi connectivity index (χ2n) is 4.40. The Morgan fingerprint density at radius 1 is 1.19 bits per heavy atom. The van der Waals surface area contributed by atoms with E-state index in [2.05, 4.69) is 21.9 Å². The normalized spacial score (nSPS) is 15.3. The van der Waals surface area contributed by atoms with Gasteiger partial charge in [0.2, 0.25) is 0 Å². The summed E-state index contributed by atoms with van der Waals surface area (Å²) in [6.45, 7) is 2.15. The maximum absolute atomic E-state index is 5.71. The van der Waals surface area contributed by atoms with Gasteiger partial charge < -0.3 is 10.7 Å². The number of hydrogen-bond acceptors (Lipinski definition) is 3. The standard InChI is InChI=1S/C12H16N4/c1-2-9-7-5-3-4-6-8(7)10-11(14-9)16-12(13)15-10/h2-6H2,1H3,(H3,13,14,15,16). The number of anilines is 1. The summed E-state index contributed by atoms with van der Waals surface area (Å²) in [5.74, 6) is 0.475. The van der Waals surface area contributed by atoms with E-state index < -0.39 is 0 Å². The lowest BCUT2D eigenvalue weighted by Gasteiger charge is -2.18. The molecule has 0 fully saturated rings. The molecule has 1 aliphatic carbocycles. The zero-order valence-electron chi connectivity index (χ0n) is 9.51. The first-order valence-corrected chi connectivity index (χ1v) is 5.95. The quantitative estimate of drug-likeness (QED) is 0.766. The van der Waals surface area contributed by atoms with Crippen molar-refractivity contribution in [3.63, 3.8) is 0 Å². The van der Waals surface area contributed by atoms with Gasteiger partial charge in [0, 0.05) is 5.69 Å². The molecule has 16 heavy (non-hydrogen) atoms. The van der Waals surface area contributed by atoms with Crippen LogP contribution in [-0.2, 0) is 19.3 Å². The molecule has 4 nitrogen and oxygen atoms in total. The van der Waals surface area contributed by atoms with Crippen LogP contribution in [0, 0.1) is 0 Å². The monoisotopic (exact) mass is 216 g/mol. The first-order valence-electron chi connectivity index (χ1n) is 5.95. The van der Waals surface area contributed by atoms with Crippen molar-refractivity contribution in [2.45, 2.75) is 39.0 Å². The third-order valence-corrected chi connectivity index (χ3v) is 3.40. The van der Waals surface area contributed by atoms with Crippen LogP contribution in [0.1, 0.15) is 36.6 Å². The van der Waals surface area contributed by atoms with E-state index in [1.807, 2.05) is 0 Å². The number of aromatic nitrogens is 3. The maximum atomic E-state index is 5.71. The highest BCUT2D eigenvalue weighted by Crippen LogP contribution is 2.29. The molecule has 0 aliphatic heterocycles. The van der Waals surface area contributed by atoms with Crippen LogP contribution in [0.4, 0.5) is 5.95 Å². The Hall–Kier alpha value is -1.58. The molecule has 84 valence electrons. The van der Waals surface area contributed by atoms with Crippen molar-refractivity contribution < 1.29 is 0 Å². The Kier molecular flexibility index (Phi) is 2.09. The van der Waals surface area contributed by atoms with Crippen molar-refractivity contribution in [2.75, 3.05) is 5.73 Å². The summed E-state index contributed by atoms with van der Waals surface area (Å²) in [5, 5.41) is 0. The molecule has 2 aromatic heterocycles. The van der Waals surface area contributed by atoms with E-state index >= 15 is 0 Å². The van der Waals surface area contributed by atoms with Gasteiger partial charge in [-0.1, -0.05) is 6.92 Å². The van der Waals surface area contributed by atoms with Crippen molar-refractivity contribution in [3.8, 4) is 0 Å². The molecule has 0 saturated heterocycles. The molecule has 3 rings (SSSR count). The minimum atomic E-state index is 0.475. The molecular weight excluding hydrogens is 200 g/mol. The highest BCUT2D eigenvalue weighted by molar-refractivity contribution is 5.79. The number of aromatic amines is 1. The van der Waals surface area contributed by atoms with Gasteiger partial charge in [-0.3, -0.25) is 0 Å². The Morgan fingerprint density at radius 3 is 2.69 bits per heavy atom. The average molecular weight is 216 g/mol.